The highest BCUT2D eigenvalue weighted by atomic mass is 16.6. The first-order chi connectivity index (χ1) is 13.6. The van der Waals surface area contributed by atoms with Crippen molar-refractivity contribution in [2.75, 3.05) is 0 Å². The minimum atomic E-state index is -0.931. The van der Waals surface area contributed by atoms with E-state index in [2.05, 4.69) is 20.8 Å². The molecule has 0 unspecified atom stereocenters. The van der Waals surface area contributed by atoms with Crippen molar-refractivity contribution in [1.29, 1.82) is 0 Å². The maximum absolute atomic E-state index is 13.0. The van der Waals surface area contributed by atoms with Crippen LogP contribution >= 0.6 is 0 Å². The van der Waals surface area contributed by atoms with Gasteiger partial charge in [0.15, 0.2) is 11.4 Å². The number of ether oxygens (including phenoxy) is 1. The lowest BCUT2D eigenvalue weighted by Crippen LogP contribution is -2.61. The molecular weight excluding hydrogens is 364 g/mol. The van der Waals surface area contributed by atoms with Crippen LogP contribution < -0.4 is 0 Å². The monoisotopic (exact) mass is 398 g/mol. The van der Waals surface area contributed by atoms with E-state index in [1.807, 2.05) is 0 Å². The van der Waals surface area contributed by atoms with Crippen LogP contribution in [-0.4, -0.2) is 23.1 Å². The smallest absolute Gasteiger partial charge is 0.303 e. The van der Waals surface area contributed by atoms with Gasteiger partial charge in [-0.2, -0.15) is 0 Å². The average Bonchev–Trinajstić information content (AvgIpc) is 3.39. The molecule has 0 heterocycles. The van der Waals surface area contributed by atoms with Crippen LogP contribution in [0.5, 0.6) is 0 Å². The molecule has 0 spiro atoms. The van der Waals surface area contributed by atoms with E-state index >= 15 is 0 Å². The lowest BCUT2D eigenvalue weighted by molar-refractivity contribution is -0.194. The number of hydrogen-bond acceptors (Lipinski definition) is 4. The van der Waals surface area contributed by atoms with Crippen molar-refractivity contribution in [2.24, 2.45) is 46.8 Å². The summed E-state index contributed by atoms with van der Waals surface area (Å²) in [5, 5.41) is 0. The Kier molecular flexibility index (Phi) is 4.07. The van der Waals surface area contributed by atoms with Gasteiger partial charge in [-0.05, 0) is 75.0 Å². The van der Waals surface area contributed by atoms with Gasteiger partial charge in [-0.1, -0.05) is 25.0 Å². The molecular formula is C25H34O4. The fourth-order valence-corrected chi connectivity index (χ4v) is 8.92. The molecule has 4 fully saturated rings. The van der Waals surface area contributed by atoms with E-state index in [9.17, 15) is 14.4 Å². The molecule has 0 aromatic carbocycles. The van der Waals surface area contributed by atoms with E-state index < -0.39 is 5.60 Å². The molecule has 0 bridgehead atoms. The molecule has 0 aromatic rings. The summed E-state index contributed by atoms with van der Waals surface area (Å²) in [4.78, 5) is 37.3. The lowest BCUT2D eigenvalue weighted by Gasteiger charge is -2.59. The fraction of sp³-hybridized carbons (Fsp3) is 0.800. The Morgan fingerprint density at radius 3 is 2.52 bits per heavy atom. The SMILES string of the molecule is CC(=O)O[C@]1(C(C)=O)[C@H]2C[C@H]2[C@H]2[C@H]3[C@H](CC[C@@]21C)[C@H]1CCC(=O)CC1=C(C)[C@H]3C. The number of fused-ring (bicyclic) bond motifs is 7. The van der Waals surface area contributed by atoms with Crippen molar-refractivity contribution >= 4 is 17.5 Å². The first kappa shape index (κ1) is 19.5. The molecule has 0 radical (unpaired) electrons. The highest BCUT2D eigenvalue weighted by Gasteiger charge is 2.80. The highest BCUT2D eigenvalue weighted by Crippen LogP contribution is 2.77. The molecule has 0 N–H and O–H groups in total. The molecule has 0 aliphatic heterocycles. The minimum absolute atomic E-state index is 0.0447. The summed E-state index contributed by atoms with van der Waals surface area (Å²) in [5.41, 5.74) is 1.66. The van der Waals surface area contributed by atoms with Gasteiger partial charge >= 0.3 is 5.97 Å². The van der Waals surface area contributed by atoms with Crippen LogP contribution in [0, 0.1) is 46.8 Å². The van der Waals surface area contributed by atoms with Crippen LogP contribution in [0.3, 0.4) is 0 Å². The zero-order valence-electron chi connectivity index (χ0n) is 18.4. The molecule has 0 aromatic heterocycles. The summed E-state index contributed by atoms with van der Waals surface area (Å²) in [6.07, 6.45) is 5.41. The van der Waals surface area contributed by atoms with E-state index in [0.717, 1.165) is 32.1 Å². The van der Waals surface area contributed by atoms with Crippen LogP contribution in [0.15, 0.2) is 11.1 Å². The maximum atomic E-state index is 13.0. The van der Waals surface area contributed by atoms with Gasteiger partial charge in [0.1, 0.15) is 5.78 Å². The number of carbonyl (C=O) groups excluding carboxylic acids is 3. The quantitative estimate of drug-likeness (QED) is 0.507. The summed E-state index contributed by atoms with van der Waals surface area (Å²) in [6, 6.07) is 0. The van der Waals surface area contributed by atoms with E-state index in [4.69, 9.17) is 4.74 Å². The molecule has 0 amide bonds. The standard InChI is InChI=1S/C25H34O4/c1-12-13(2)22-18(17-7-6-16(28)10-19(12)17)8-9-24(5)23(22)20-11-21(20)25(24,14(3)26)29-15(4)27/h13,17-18,20-23H,6-11H2,1-5H3/t13-,17-,18-,20-,21+,22-,23+,24+,25-/m1/s1. The highest BCUT2D eigenvalue weighted by molar-refractivity contribution is 5.90. The van der Waals surface area contributed by atoms with Gasteiger partial charge in [-0.15, -0.1) is 0 Å². The average molecular weight is 399 g/mol. The van der Waals surface area contributed by atoms with Gasteiger partial charge < -0.3 is 4.74 Å². The Bertz CT molecular complexity index is 840. The van der Waals surface area contributed by atoms with Gasteiger partial charge in [0.25, 0.3) is 0 Å². The predicted molar refractivity (Wildman–Crippen MR) is 109 cm³/mol. The predicted octanol–water partition coefficient (Wildman–Crippen LogP) is 4.51. The number of rotatable bonds is 2. The third-order valence-corrected chi connectivity index (χ3v) is 9.99. The van der Waals surface area contributed by atoms with Gasteiger partial charge in [0.05, 0.1) is 0 Å². The first-order valence-corrected chi connectivity index (χ1v) is 11.5. The number of ketones is 2. The Morgan fingerprint density at radius 2 is 1.86 bits per heavy atom. The van der Waals surface area contributed by atoms with Crippen molar-refractivity contribution in [3.05, 3.63) is 11.1 Å². The van der Waals surface area contributed by atoms with E-state index in [-0.39, 0.29) is 23.1 Å². The maximum Gasteiger partial charge on any atom is 0.303 e. The Balaban J connectivity index is 1.60. The Hall–Kier alpha value is -1.45. The van der Waals surface area contributed by atoms with E-state index in [0.29, 0.717) is 47.7 Å². The molecule has 4 saturated carbocycles. The fourth-order valence-electron chi connectivity index (χ4n) is 8.92. The number of hydrogen-bond donors (Lipinski definition) is 0. The number of carbonyl (C=O) groups is 3. The Labute approximate surface area is 173 Å². The van der Waals surface area contributed by atoms with Crippen molar-refractivity contribution in [3.8, 4) is 0 Å². The van der Waals surface area contributed by atoms with Crippen molar-refractivity contribution < 1.29 is 19.1 Å². The molecule has 4 nitrogen and oxygen atoms in total. The van der Waals surface area contributed by atoms with Gasteiger partial charge in [0.2, 0.25) is 0 Å². The third kappa shape index (κ3) is 2.29. The number of esters is 1. The van der Waals surface area contributed by atoms with E-state index in [1.165, 1.54) is 18.1 Å². The normalized spacial score (nSPS) is 50.2. The van der Waals surface area contributed by atoms with Crippen LogP contribution in [0.25, 0.3) is 0 Å². The topological polar surface area (TPSA) is 60.4 Å². The first-order valence-electron chi connectivity index (χ1n) is 11.5. The largest absolute Gasteiger partial charge is 0.450 e. The summed E-state index contributed by atoms with van der Waals surface area (Å²) < 4.78 is 6.00. The number of allylic oxidation sites excluding steroid dienone is 2. The molecule has 158 valence electrons. The van der Waals surface area contributed by atoms with Crippen molar-refractivity contribution in [3.63, 3.8) is 0 Å². The second-order valence-corrected chi connectivity index (χ2v) is 11.0. The molecule has 29 heavy (non-hydrogen) atoms. The minimum Gasteiger partial charge on any atom is -0.450 e. The van der Waals surface area contributed by atoms with Gasteiger partial charge in [0, 0.05) is 31.1 Å². The summed E-state index contributed by atoms with van der Waals surface area (Å²) in [6.45, 7) is 9.93. The zero-order valence-corrected chi connectivity index (χ0v) is 18.4. The molecule has 5 aliphatic rings. The Morgan fingerprint density at radius 1 is 1.14 bits per heavy atom. The lowest BCUT2D eigenvalue weighted by atomic mass is 9.46. The van der Waals surface area contributed by atoms with Crippen LogP contribution in [0.4, 0.5) is 0 Å². The summed E-state index contributed by atoms with van der Waals surface area (Å²) in [5.74, 6) is 3.35. The molecule has 4 heteroatoms. The third-order valence-electron chi connectivity index (χ3n) is 9.99. The summed E-state index contributed by atoms with van der Waals surface area (Å²) in [7, 11) is 0. The van der Waals surface area contributed by atoms with Gasteiger partial charge in [-0.25, -0.2) is 0 Å². The van der Waals surface area contributed by atoms with Crippen molar-refractivity contribution in [1.82, 2.24) is 0 Å². The van der Waals surface area contributed by atoms with E-state index in [1.54, 1.807) is 6.92 Å². The zero-order chi connectivity index (χ0) is 20.9. The molecule has 5 aliphatic carbocycles. The second kappa shape index (κ2) is 6.04. The van der Waals surface area contributed by atoms with Crippen molar-refractivity contribution in [2.45, 2.75) is 78.7 Å². The molecule has 9 atom stereocenters. The number of Topliss-reactive ketones (excluding diaryl/α,β-unsaturated/α-hetero) is 2. The molecule has 5 rings (SSSR count). The van der Waals surface area contributed by atoms with Gasteiger partial charge in [-0.3, -0.25) is 14.4 Å². The second-order valence-electron chi connectivity index (χ2n) is 11.0. The summed E-state index contributed by atoms with van der Waals surface area (Å²) >= 11 is 0. The van der Waals surface area contributed by atoms with Crippen LogP contribution in [0.1, 0.15) is 73.1 Å². The molecule has 0 saturated heterocycles. The van der Waals surface area contributed by atoms with Crippen LogP contribution in [-0.2, 0) is 19.1 Å². The van der Waals surface area contributed by atoms with Crippen LogP contribution in [0.2, 0.25) is 0 Å².